The van der Waals surface area contributed by atoms with Crippen molar-refractivity contribution in [3.8, 4) is 0 Å². The van der Waals surface area contributed by atoms with Crippen molar-refractivity contribution in [1.82, 2.24) is 10.2 Å². The Kier molecular flexibility index (Phi) is 3.34. The molecular formula is C17H15BrN4O. The zero-order chi connectivity index (χ0) is 16.0. The summed E-state index contributed by atoms with van der Waals surface area (Å²) in [5.74, 6) is 0.00803. The first kappa shape index (κ1) is 14.3. The van der Waals surface area contributed by atoms with Crippen molar-refractivity contribution >= 4 is 44.1 Å². The number of aromatic amines is 1. The minimum Gasteiger partial charge on any atom is -0.371 e. The molecule has 0 radical (unpaired) electrons. The van der Waals surface area contributed by atoms with E-state index in [1.165, 1.54) is 0 Å². The summed E-state index contributed by atoms with van der Waals surface area (Å²) in [4.78, 5) is 17.1. The van der Waals surface area contributed by atoms with Gasteiger partial charge in [-0.15, -0.1) is 0 Å². The zero-order valence-corrected chi connectivity index (χ0v) is 14.2. The molecule has 0 saturated carbocycles. The fourth-order valence-corrected chi connectivity index (χ4v) is 3.38. The SMILES string of the molecule is CN1CCN(C(=O)c2cccc3[nH]ncc23)c2ccc(Br)cc21. The van der Waals surface area contributed by atoms with Gasteiger partial charge >= 0.3 is 0 Å². The van der Waals surface area contributed by atoms with Crippen LogP contribution in [0.1, 0.15) is 10.4 Å². The van der Waals surface area contributed by atoms with E-state index in [1.54, 1.807) is 6.20 Å². The number of hydrogen-bond donors (Lipinski definition) is 1. The van der Waals surface area contributed by atoms with Crippen LogP contribution in [0.5, 0.6) is 0 Å². The van der Waals surface area contributed by atoms with Crippen LogP contribution in [0.25, 0.3) is 10.9 Å². The van der Waals surface area contributed by atoms with Gasteiger partial charge < -0.3 is 9.80 Å². The number of nitrogens with zero attached hydrogens (tertiary/aromatic N) is 3. The molecule has 3 aromatic rings. The molecule has 0 fully saturated rings. The van der Waals surface area contributed by atoms with E-state index in [1.807, 2.05) is 48.3 Å². The molecule has 0 unspecified atom stereocenters. The average Bonchev–Trinajstić information content (AvgIpc) is 3.03. The summed E-state index contributed by atoms with van der Waals surface area (Å²) >= 11 is 3.50. The molecule has 2 heterocycles. The Balaban J connectivity index is 1.81. The van der Waals surface area contributed by atoms with Crippen LogP contribution in [0, 0.1) is 0 Å². The summed E-state index contributed by atoms with van der Waals surface area (Å²) in [5, 5.41) is 7.82. The quantitative estimate of drug-likeness (QED) is 0.713. The molecule has 0 spiro atoms. The largest absolute Gasteiger partial charge is 0.371 e. The Morgan fingerprint density at radius 2 is 2.09 bits per heavy atom. The number of anilines is 2. The minimum absolute atomic E-state index is 0.00803. The number of halogens is 1. The van der Waals surface area contributed by atoms with Crippen LogP contribution in [0.15, 0.2) is 47.1 Å². The molecule has 1 amide bonds. The van der Waals surface area contributed by atoms with Crippen molar-refractivity contribution in [3.05, 3.63) is 52.6 Å². The summed E-state index contributed by atoms with van der Waals surface area (Å²) in [6.07, 6.45) is 1.71. The summed E-state index contributed by atoms with van der Waals surface area (Å²) in [6.45, 7) is 1.47. The Morgan fingerprint density at radius 3 is 2.96 bits per heavy atom. The maximum Gasteiger partial charge on any atom is 0.259 e. The highest BCUT2D eigenvalue weighted by Crippen LogP contribution is 2.35. The van der Waals surface area contributed by atoms with Crippen molar-refractivity contribution in [3.63, 3.8) is 0 Å². The zero-order valence-electron chi connectivity index (χ0n) is 12.6. The standard InChI is InChI=1S/C17H15BrN4O/c1-21-7-8-22(15-6-5-11(18)9-16(15)21)17(23)12-3-2-4-14-13(12)10-19-20-14/h2-6,9-10H,7-8H2,1H3,(H,19,20). The number of hydrogen-bond acceptors (Lipinski definition) is 3. The number of likely N-dealkylation sites (N-methyl/N-ethyl adjacent to an activating group) is 1. The highest BCUT2D eigenvalue weighted by atomic mass is 79.9. The van der Waals surface area contributed by atoms with Crippen LogP contribution < -0.4 is 9.80 Å². The molecule has 1 aromatic heterocycles. The van der Waals surface area contributed by atoms with Crippen LogP contribution in [0.3, 0.4) is 0 Å². The molecule has 23 heavy (non-hydrogen) atoms. The third-order valence-corrected chi connectivity index (χ3v) is 4.75. The predicted molar refractivity (Wildman–Crippen MR) is 95.2 cm³/mol. The van der Waals surface area contributed by atoms with Crippen LogP contribution >= 0.6 is 15.9 Å². The summed E-state index contributed by atoms with van der Waals surface area (Å²) in [7, 11) is 2.05. The number of rotatable bonds is 1. The van der Waals surface area contributed by atoms with E-state index in [9.17, 15) is 4.79 Å². The van der Waals surface area contributed by atoms with Gasteiger partial charge in [0.2, 0.25) is 0 Å². The summed E-state index contributed by atoms with van der Waals surface area (Å²) in [6, 6.07) is 11.7. The molecule has 5 nitrogen and oxygen atoms in total. The second-order valence-corrected chi connectivity index (χ2v) is 6.56. The Hall–Kier alpha value is -2.34. The van der Waals surface area contributed by atoms with E-state index in [2.05, 4.69) is 31.0 Å². The van der Waals surface area contributed by atoms with Gasteiger partial charge in [-0.1, -0.05) is 22.0 Å². The first-order valence-corrected chi connectivity index (χ1v) is 8.19. The van der Waals surface area contributed by atoms with Gasteiger partial charge in [-0.3, -0.25) is 9.89 Å². The van der Waals surface area contributed by atoms with Crippen molar-refractivity contribution in [2.75, 3.05) is 29.9 Å². The number of aromatic nitrogens is 2. The Labute approximate surface area is 142 Å². The number of fused-ring (bicyclic) bond motifs is 2. The van der Waals surface area contributed by atoms with Gasteiger partial charge in [-0.2, -0.15) is 5.10 Å². The monoisotopic (exact) mass is 370 g/mol. The van der Waals surface area contributed by atoms with E-state index in [0.717, 1.165) is 33.3 Å². The molecule has 0 atom stereocenters. The summed E-state index contributed by atoms with van der Waals surface area (Å²) in [5.41, 5.74) is 3.54. The predicted octanol–water partition coefficient (Wildman–Crippen LogP) is 3.42. The highest BCUT2D eigenvalue weighted by molar-refractivity contribution is 9.10. The lowest BCUT2D eigenvalue weighted by Crippen LogP contribution is -2.42. The second kappa shape index (κ2) is 5.38. The van der Waals surface area contributed by atoms with Crippen LogP contribution in [0.2, 0.25) is 0 Å². The maximum atomic E-state index is 13.1. The number of amides is 1. The lowest BCUT2D eigenvalue weighted by atomic mass is 10.1. The molecular weight excluding hydrogens is 356 g/mol. The first-order valence-electron chi connectivity index (χ1n) is 7.40. The molecule has 0 aliphatic carbocycles. The van der Waals surface area contributed by atoms with E-state index in [-0.39, 0.29) is 5.91 Å². The van der Waals surface area contributed by atoms with Gasteiger partial charge in [0.15, 0.2) is 0 Å². The smallest absolute Gasteiger partial charge is 0.259 e. The van der Waals surface area contributed by atoms with Crippen molar-refractivity contribution in [1.29, 1.82) is 0 Å². The van der Waals surface area contributed by atoms with Gasteiger partial charge in [0, 0.05) is 30.0 Å². The molecule has 4 rings (SSSR count). The molecule has 0 bridgehead atoms. The number of carbonyl (C=O) groups excluding carboxylic acids is 1. The fraction of sp³-hybridized carbons (Fsp3) is 0.176. The summed E-state index contributed by atoms with van der Waals surface area (Å²) < 4.78 is 1.01. The molecule has 0 saturated heterocycles. The average molecular weight is 371 g/mol. The van der Waals surface area contributed by atoms with E-state index in [0.29, 0.717) is 12.1 Å². The molecule has 1 aliphatic rings. The van der Waals surface area contributed by atoms with Crippen molar-refractivity contribution in [2.45, 2.75) is 0 Å². The Bertz CT molecular complexity index is 904. The lowest BCUT2D eigenvalue weighted by molar-refractivity contribution is 0.0988. The molecule has 2 aromatic carbocycles. The number of H-pyrrole nitrogens is 1. The first-order chi connectivity index (χ1) is 11.1. The highest BCUT2D eigenvalue weighted by Gasteiger charge is 2.27. The fourth-order valence-electron chi connectivity index (χ4n) is 3.03. The number of carbonyl (C=O) groups is 1. The van der Waals surface area contributed by atoms with E-state index in [4.69, 9.17) is 0 Å². The van der Waals surface area contributed by atoms with Gasteiger partial charge in [-0.25, -0.2) is 0 Å². The normalized spacial score (nSPS) is 14.2. The van der Waals surface area contributed by atoms with Crippen LogP contribution in [-0.4, -0.2) is 36.2 Å². The molecule has 1 aliphatic heterocycles. The van der Waals surface area contributed by atoms with E-state index < -0.39 is 0 Å². The van der Waals surface area contributed by atoms with Crippen LogP contribution in [0.4, 0.5) is 11.4 Å². The maximum absolute atomic E-state index is 13.1. The second-order valence-electron chi connectivity index (χ2n) is 5.65. The van der Waals surface area contributed by atoms with Gasteiger partial charge in [-0.05, 0) is 30.3 Å². The van der Waals surface area contributed by atoms with Crippen LogP contribution in [-0.2, 0) is 0 Å². The van der Waals surface area contributed by atoms with Gasteiger partial charge in [0.05, 0.1) is 28.7 Å². The van der Waals surface area contributed by atoms with Gasteiger partial charge in [0.25, 0.3) is 5.91 Å². The Morgan fingerprint density at radius 1 is 1.22 bits per heavy atom. The third kappa shape index (κ3) is 2.30. The number of benzene rings is 2. The van der Waals surface area contributed by atoms with Crippen molar-refractivity contribution < 1.29 is 4.79 Å². The molecule has 116 valence electrons. The number of nitrogens with one attached hydrogen (secondary N) is 1. The van der Waals surface area contributed by atoms with Crippen molar-refractivity contribution in [2.24, 2.45) is 0 Å². The topological polar surface area (TPSA) is 52.2 Å². The van der Waals surface area contributed by atoms with Gasteiger partial charge in [0.1, 0.15) is 0 Å². The minimum atomic E-state index is 0.00803. The lowest BCUT2D eigenvalue weighted by Gasteiger charge is -2.36. The third-order valence-electron chi connectivity index (χ3n) is 4.26. The van der Waals surface area contributed by atoms with E-state index >= 15 is 0 Å². The molecule has 6 heteroatoms. The molecule has 1 N–H and O–H groups in total.